The molecule has 2 saturated heterocycles. The molecule has 246 valence electrons. The number of benzene rings is 2. The van der Waals surface area contributed by atoms with Gasteiger partial charge in [-0.3, -0.25) is 9.47 Å². The van der Waals surface area contributed by atoms with Crippen molar-refractivity contribution in [3.63, 3.8) is 0 Å². The Kier molecular flexibility index (Phi) is 9.30. The average Bonchev–Trinajstić information content (AvgIpc) is 3.84. The fraction of sp³-hybridized carbons (Fsp3) is 0.438. The second kappa shape index (κ2) is 14.1. The van der Waals surface area contributed by atoms with Gasteiger partial charge >= 0.3 is 0 Å². The van der Waals surface area contributed by atoms with Gasteiger partial charge in [0.25, 0.3) is 0 Å². The second-order valence-corrected chi connectivity index (χ2v) is 11.6. The quantitative estimate of drug-likeness (QED) is 0.156. The maximum atomic E-state index is 11.1. The highest BCUT2D eigenvalue weighted by atomic mass is 16.6. The second-order valence-electron chi connectivity index (χ2n) is 11.6. The van der Waals surface area contributed by atoms with Crippen LogP contribution in [0.1, 0.15) is 42.1 Å². The molecular weight excluding hydrogens is 602 g/mol. The minimum atomic E-state index is -1.30. The van der Waals surface area contributed by atoms with Crippen molar-refractivity contribution in [1.29, 1.82) is 0 Å². The molecule has 15 nitrogen and oxygen atoms in total. The van der Waals surface area contributed by atoms with E-state index in [0.717, 1.165) is 32.8 Å². The van der Waals surface area contributed by atoms with Gasteiger partial charge in [0.2, 0.25) is 11.8 Å². The summed E-state index contributed by atoms with van der Waals surface area (Å²) in [5.74, 6) is 1.18. The molecule has 2 aromatic carbocycles. The first kappa shape index (κ1) is 31.1. The van der Waals surface area contributed by atoms with E-state index >= 15 is 0 Å². The average molecular weight is 642 g/mol. The van der Waals surface area contributed by atoms with E-state index in [-0.39, 0.29) is 11.7 Å². The Hall–Kier alpha value is -4.54. The fourth-order valence-corrected chi connectivity index (χ4v) is 6.06. The van der Waals surface area contributed by atoms with Crippen LogP contribution in [0.15, 0.2) is 67.0 Å². The number of hydrogen-bond donors (Lipinski definition) is 4. The van der Waals surface area contributed by atoms with E-state index in [0.29, 0.717) is 42.6 Å². The zero-order valence-corrected chi connectivity index (χ0v) is 26.1. The molecule has 0 amide bonds. The van der Waals surface area contributed by atoms with Gasteiger partial charge in [-0.05, 0) is 23.3 Å². The number of nitrogens with one attached hydrogen (secondary N) is 2. The van der Waals surface area contributed by atoms with Crippen LogP contribution in [0.5, 0.6) is 0 Å². The van der Waals surface area contributed by atoms with Crippen molar-refractivity contribution in [2.24, 2.45) is 0 Å². The van der Waals surface area contributed by atoms with Gasteiger partial charge < -0.3 is 30.3 Å². The topological polar surface area (TPSA) is 173 Å². The number of aliphatic hydroxyl groups is 2. The molecule has 3 aromatic heterocycles. The Morgan fingerprint density at radius 2 is 1.66 bits per heavy atom. The van der Waals surface area contributed by atoms with Crippen molar-refractivity contribution in [2.75, 3.05) is 56.6 Å². The van der Waals surface area contributed by atoms with Crippen LogP contribution in [-0.4, -0.2) is 113 Å². The number of nitrogens with zero attached hydrogens (tertiary/aromatic N) is 9. The summed E-state index contributed by atoms with van der Waals surface area (Å²) in [6.07, 6.45) is -3.01. The summed E-state index contributed by atoms with van der Waals surface area (Å²) in [5.41, 5.74) is 3.28. The van der Waals surface area contributed by atoms with Crippen LogP contribution in [0.4, 0.5) is 11.8 Å². The lowest BCUT2D eigenvalue weighted by molar-refractivity contribution is -0.0384. The predicted octanol–water partition coefficient (Wildman–Crippen LogP) is 1.81. The van der Waals surface area contributed by atoms with Crippen LogP contribution in [0.3, 0.4) is 0 Å². The first-order valence-electron chi connectivity index (χ1n) is 16.0. The van der Waals surface area contributed by atoms with Crippen molar-refractivity contribution in [1.82, 2.24) is 44.6 Å². The van der Waals surface area contributed by atoms with E-state index in [2.05, 4.69) is 60.2 Å². The number of anilines is 2. The highest BCUT2D eigenvalue weighted by Crippen LogP contribution is 2.39. The lowest BCUT2D eigenvalue weighted by Gasteiger charge is -2.26. The molecule has 7 rings (SSSR count). The minimum Gasteiger partial charge on any atom is -0.387 e. The molecule has 0 radical (unpaired) electrons. The van der Waals surface area contributed by atoms with E-state index in [4.69, 9.17) is 19.4 Å². The normalized spacial score (nSPS) is 21.9. The van der Waals surface area contributed by atoms with Crippen molar-refractivity contribution < 1.29 is 19.7 Å². The van der Waals surface area contributed by atoms with Gasteiger partial charge in [-0.2, -0.15) is 14.8 Å². The minimum absolute atomic E-state index is 0.0437. The molecule has 0 spiro atoms. The number of hydrogen-bond acceptors (Lipinski definition) is 13. The van der Waals surface area contributed by atoms with Gasteiger partial charge in [-0.1, -0.05) is 60.7 Å². The third-order valence-corrected chi connectivity index (χ3v) is 8.63. The predicted molar refractivity (Wildman–Crippen MR) is 173 cm³/mol. The molecule has 2 aliphatic rings. The number of aromatic nitrogens is 8. The number of morpholine rings is 1. The zero-order valence-electron chi connectivity index (χ0n) is 26.1. The number of fused-ring (bicyclic) bond motifs is 1. The summed E-state index contributed by atoms with van der Waals surface area (Å²) in [7, 11) is 0. The van der Waals surface area contributed by atoms with Crippen LogP contribution in [0.25, 0.3) is 11.2 Å². The number of tetrazole rings is 1. The lowest BCUT2D eigenvalue weighted by Crippen LogP contribution is -2.39. The maximum Gasteiger partial charge on any atom is 0.226 e. The van der Waals surface area contributed by atoms with Gasteiger partial charge in [0, 0.05) is 38.6 Å². The molecule has 5 aromatic rings. The molecule has 0 aliphatic carbocycles. The molecule has 5 heterocycles. The molecule has 4 N–H and O–H groups in total. The van der Waals surface area contributed by atoms with Crippen LogP contribution < -0.4 is 10.6 Å². The van der Waals surface area contributed by atoms with Crippen LogP contribution >= 0.6 is 0 Å². The summed E-state index contributed by atoms with van der Waals surface area (Å²) in [6, 6.07) is 20.7. The van der Waals surface area contributed by atoms with Gasteiger partial charge in [0.05, 0.1) is 26.1 Å². The van der Waals surface area contributed by atoms with E-state index in [1.807, 2.05) is 43.3 Å². The lowest BCUT2D eigenvalue weighted by atomic mass is 9.91. The third-order valence-electron chi connectivity index (χ3n) is 8.63. The molecule has 15 heteroatoms. The highest BCUT2D eigenvalue weighted by molar-refractivity contribution is 5.84. The number of imidazole rings is 1. The number of aliphatic hydroxyl groups excluding tert-OH is 2. The molecule has 2 fully saturated rings. The highest BCUT2D eigenvalue weighted by Gasteiger charge is 2.47. The van der Waals surface area contributed by atoms with E-state index in [9.17, 15) is 10.2 Å². The smallest absolute Gasteiger partial charge is 0.226 e. The number of rotatable bonds is 12. The summed E-state index contributed by atoms with van der Waals surface area (Å²) < 4.78 is 13.3. The molecular formula is C32H39N11O4. The zero-order chi connectivity index (χ0) is 32.2. The van der Waals surface area contributed by atoms with Crippen molar-refractivity contribution in [2.45, 2.75) is 43.9 Å². The molecule has 2 aliphatic heterocycles. The van der Waals surface area contributed by atoms with Crippen molar-refractivity contribution in [3.05, 3.63) is 83.9 Å². The van der Waals surface area contributed by atoms with Crippen LogP contribution in [0.2, 0.25) is 0 Å². The molecule has 47 heavy (non-hydrogen) atoms. The van der Waals surface area contributed by atoms with Crippen molar-refractivity contribution in [3.8, 4) is 0 Å². The molecule has 0 unspecified atom stereocenters. The Bertz CT molecular complexity index is 1710. The first-order chi connectivity index (χ1) is 23.1. The van der Waals surface area contributed by atoms with Gasteiger partial charge in [-0.25, -0.2) is 4.98 Å². The van der Waals surface area contributed by atoms with Crippen LogP contribution in [-0.2, 0) is 16.0 Å². The van der Waals surface area contributed by atoms with Gasteiger partial charge in [0.1, 0.15) is 12.2 Å². The molecule has 4 atom stereocenters. The first-order valence-corrected chi connectivity index (χ1v) is 16.0. The maximum absolute atomic E-state index is 11.1. The summed E-state index contributed by atoms with van der Waals surface area (Å²) >= 11 is 0. The largest absolute Gasteiger partial charge is 0.387 e. The van der Waals surface area contributed by atoms with E-state index in [1.54, 1.807) is 10.9 Å². The summed E-state index contributed by atoms with van der Waals surface area (Å²) in [5, 5.41) is 41.3. The fourth-order valence-electron chi connectivity index (χ4n) is 6.06. The molecule has 0 saturated carbocycles. The number of ether oxygens (including phenoxy) is 2. The van der Waals surface area contributed by atoms with Gasteiger partial charge in [-0.15, -0.1) is 10.2 Å². The van der Waals surface area contributed by atoms with Gasteiger partial charge in [0.15, 0.2) is 29.3 Å². The Labute approximate surface area is 271 Å². The SMILES string of the molecule is CCn1nnc([C@H]2O[C@@H](n3cnc4c(NCC(c5ccccc5)c5ccccc5)nc(NCCN5CCOCC5)nc43)[C@H](O)[C@@H]2O)n1. The standard InChI is InChI=1S/C32H39N11O4/c1-2-43-39-29(38-40-43)27-25(44)26(45)31(47-27)42-20-35-24-28(36-32(37-30(24)42)33-13-14-41-15-17-46-18-16-41)34-19-23(21-9-5-3-6-10-21)22-11-7-4-8-12-22/h3-12,20,23,25-27,31,44-45H,2,13-19H2,1H3,(H2,33,34,36,37)/t25-,26+,27-,31+/m0/s1. The Balaban J connectivity index is 1.19. The monoisotopic (exact) mass is 641 g/mol. The third kappa shape index (κ3) is 6.66. The summed E-state index contributed by atoms with van der Waals surface area (Å²) in [4.78, 5) is 18.1. The van der Waals surface area contributed by atoms with Crippen LogP contribution in [0, 0.1) is 0 Å². The Morgan fingerprint density at radius 3 is 2.34 bits per heavy atom. The number of aryl methyl sites for hydroxylation is 1. The van der Waals surface area contributed by atoms with E-state index < -0.39 is 24.5 Å². The molecule has 0 bridgehead atoms. The van der Waals surface area contributed by atoms with E-state index in [1.165, 1.54) is 15.9 Å². The van der Waals surface area contributed by atoms with Crippen molar-refractivity contribution >= 4 is 22.9 Å². The summed E-state index contributed by atoms with van der Waals surface area (Å²) in [6.45, 7) is 7.57. The Morgan fingerprint density at radius 1 is 0.936 bits per heavy atom.